The van der Waals surface area contributed by atoms with Crippen molar-refractivity contribution >= 4 is 16.6 Å². The summed E-state index contributed by atoms with van der Waals surface area (Å²) in [6, 6.07) is 16.5. The zero-order valence-corrected chi connectivity index (χ0v) is 10.6. The lowest BCUT2D eigenvalue weighted by Gasteiger charge is -2.11. The van der Waals surface area contributed by atoms with Crippen LogP contribution in [0.5, 0.6) is 11.5 Å². The van der Waals surface area contributed by atoms with Gasteiger partial charge in [0.2, 0.25) is 0 Å². The largest absolute Gasteiger partial charge is 0.454 e. The van der Waals surface area contributed by atoms with Crippen molar-refractivity contribution in [2.45, 2.75) is 0 Å². The molecule has 4 heteroatoms. The molecule has 0 saturated carbocycles. The van der Waals surface area contributed by atoms with Gasteiger partial charge in [-0.05, 0) is 36.4 Å². The van der Waals surface area contributed by atoms with Gasteiger partial charge in [0.05, 0.1) is 16.8 Å². The van der Waals surface area contributed by atoms with E-state index in [4.69, 9.17) is 15.7 Å². The molecule has 2 aromatic carbocycles. The molecule has 0 aliphatic rings. The highest BCUT2D eigenvalue weighted by atomic mass is 16.5. The Labute approximate surface area is 116 Å². The maximum Gasteiger partial charge on any atom is 0.151 e. The van der Waals surface area contributed by atoms with Gasteiger partial charge in [0.1, 0.15) is 11.8 Å². The molecular weight excluding hydrogens is 250 g/mol. The highest BCUT2D eigenvalue weighted by Gasteiger charge is 2.09. The van der Waals surface area contributed by atoms with E-state index in [1.165, 1.54) is 0 Å². The van der Waals surface area contributed by atoms with E-state index in [9.17, 15) is 0 Å². The van der Waals surface area contributed by atoms with Crippen molar-refractivity contribution in [2.24, 2.45) is 0 Å². The summed E-state index contributed by atoms with van der Waals surface area (Å²) in [7, 11) is 0. The molecule has 0 aliphatic carbocycles. The van der Waals surface area contributed by atoms with Crippen LogP contribution in [0, 0.1) is 11.3 Å². The van der Waals surface area contributed by atoms with Crippen LogP contribution < -0.4 is 10.5 Å². The standard InChI is InChI=1S/C16H11N3O/c17-10-11-4-1-2-6-14(11)20-15-8-7-13-12(16(15)18)5-3-9-19-13/h1-9H,18H2. The first-order valence-electron chi connectivity index (χ1n) is 6.10. The molecule has 0 fully saturated rings. The molecule has 0 amide bonds. The molecule has 1 heterocycles. The van der Waals surface area contributed by atoms with Crippen molar-refractivity contribution in [1.29, 1.82) is 5.26 Å². The fraction of sp³-hybridized carbons (Fsp3) is 0. The Hall–Kier alpha value is -3.06. The number of nitriles is 1. The summed E-state index contributed by atoms with van der Waals surface area (Å²) in [5.41, 5.74) is 7.91. The Morgan fingerprint density at radius 2 is 1.85 bits per heavy atom. The minimum absolute atomic E-state index is 0.471. The van der Waals surface area contributed by atoms with Gasteiger partial charge in [-0.2, -0.15) is 5.26 Å². The van der Waals surface area contributed by atoms with E-state index in [2.05, 4.69) is 11.1 Å². The number of ether oxygens (including phenoxy) is 1. The van der Waals surface area contributed by atoms with Crippen LogP contribution in [0.25, 0.3) is 10.9 Å². The normalized spacial score (nSPS) is 10.2. The van der Waals surface area contributed by atoms with Crippen molar-refractivity contribution in [2.75, 3.05) is 5.73 Å². The molecule has 0 unspecified atom stereocenters. The number of fused-ring (bicyclic) bond motifs is 1. The average Bonchev–Trinajstić information content (AvgIpc) is 2.51. The van der Waals surface area contributed by atoms with E-state index < -0.39 is 0 Å². The van der Waals surface area contributed by atoms with Crippen LogP contribution >= 0.6 is 0 Å². The minimum atomic E-state index is 0.471. The molecule has 96 valence electrons. The third kappa shape index (κ3) is 2.02. The van der Waals surface area contributed by atoms with E-state index in [1.54, 1.807) is 30.5 Å². The van der Waals surface area contributed by atoms with Gasteiger partial charge in [0.25, 0.3) is 0 Å². The highest BCUT2D eigenvalue weighted by Crippen LogP contribution is 2.33. The van der Waals surface area contributed by atoms with E-state index >= 15 is 0 Å². The van der Waals surface area contributed by atoms with Gasteiger partial charge < -0.3 is 10.5 Å². The molecular formula is C16H11N3O. The van der Waals surface area contributed by atoms with E-state index in [0.717, 1.165) is 10.9 Å². The zero-order valence-electron chi connectivity index (χ0n) is 10.6. The second-order valence-corrected chi connectivity index (χ2v) is 4.26. The molecule has 4 nitrogen and oxygen atoms in total. The molecule has 3 rings (SSSR count). The Morgan fingerprint density at radius 3 is 2.70 bits per heavy atom. The molecule has 0 spiro atoms. The van der Waals surface area contributed by atoms with Crippen molar-refractivity contribution in [3.8, 4) is 17.6 Å². The van der Waals surface area contributed by atoms with Gasteiger partial charge in [0, 0.05) is 11.6 Å². The van der Waals surface area contributed by atoms with Crippen molar-refractivity contribution in [3.05, 3.63) is 60.3 Å². The summed E-state index contributed by atoms with van der Waals surface area (Å²) in [5.74, 6) is 1.01. The number of nitrogens with two attached hydrogens (primary N) is 1. The zero-order chi connectivity index (χ0) is 13.9. The topological polar surface area (TPSA) is 71.9 Å². The molecule has 0 bridgehead atoms. The van der Waals surface area contributed by atoms with Crippen molar-refractivity contribution in [1.82, 2.24) is 4.98 Å². The predicted molar refractivity (Wildman–Crippen MR) is 77.4 cm³/mol. The number of nitrogen functional groups attached to an aromatic ring is 1. The van der Waals surface area contributed by atoms with Crippen LogP contribution in [-0.2, 0) is 0 Å². The Bertz CT molecular complexity index is 821. The van der Waals surface area contributed by atoms with Crippen LogP contribution in [0.1, 0.15) is 5.56 Å². The number of benzene rings is 2. The first kappa shape index (κ1) is 12.0. The van der Waals surface area contributed by atoms with Gasteiger partial charge in [-0.3, -0.25) is 4.98 Å². The molecule has 1 aromatic heterocycles. The number of rotatable bonds is 2. The minimum Gasteiger partial charge on any atom is -0.454 e. The lowest BCUT2D eigenvalue weighted by molar-refractivity contribution is 0.484. The summed E-state index contributed by atoms with van der Waals surface area (Å²) >= 11 is 0. The summed E-state index contributed by atoms with van der Waals surface area (Å²) < 4.78 is 5.76. The number of anilines is 1. The predicted octanol–water partition coefficient (Wildman–Crippen LogP) is 3.48. The summed E-state index contributed by atoms with van der Waals surface area (Å²) in [5, 5.41) is 9.90. The monoisotopic (exact) mass is 261 g/mol. The Kier molecular flexibility index (Phi) is 2.94. The lowest BCUT2D eigenvalue weighted by Crippen LogP contribution is -1.95. The molecule has 20 heavy (non-hydrogen) atoms. The Morgan fingerprint density at radius 1 is 1.00 bits per heavy atom. The number of para-hydroxylation sites is 1. The maximum absolute atomic E-state index is 9.07. The number of hydrogen-bond donors (Lipinski definition) is 1. The van der Waals surface area contributed by atoms with Gasteiger partial charge in [-0.1, -0.05) is 12.1 Å². The quantitative estimate of drug-likeness (QED) is 0.717. The third-order valence-electron chi connectivity index (χ3n) is 3.01. The molecule has 0 atom stereocenters. The second-order valence-electron chi connectivity index (χ2n) is 4.26. The van der Waals surface area contributed by atoms with Crippen LogP contribution in [0.4, 0.5) is 5.69 Å². The number of nitrogens with zero attached hydrogens (tertiary/aromatic N) is 2. The number of pyridine rings is 1. The fourth-order valence-corrected chi connectivity index (χ4v) is 2.01. The molecule has 0 aliphatic heterocycles. The van der Waals surface area contributed by atoms with Crippen LogP contribution in [0.2, 0.25) is 0 Å². The SMILES string of the molecule is N#Cc1ccccc1Oc1ccc2ncccc2c1N. The van der Waals surface area contributed by atoms with Crippen molar-refractivity contribution in [3.63, 3.8) is 0 Å². The third-order valence-corrected chi connectivity index (χ3v) is 3.01. The second kappa shape index (κ2) is 4.90. The smallest absolute Gasteiger partial charge is 0.151 e. The molecule has 2 N–H and O–H groups in total. The van der Waals surface area contributed by atoms with Crippen LogP contribution in [0.3, 0.4) is 0 Å². The fourth-order valence-electron chi connectivity index (χ4n) is 2.01. The first-order valence-corrected chi connectivity index (χ1v) is 6.10. The van der Waals surface area contributed by atoms with E-state index in [-0.39, 0.29) is 0 Å². The van der Waals surface area contributed by atoms with Gasteiger partial charge in [0.15, 0.2) is 5.75 Å². The number of hydrogen-bond acceptors (Lipinski definition) is 4. The first-order chi connectivity index (χ1) is 9.79. The van der Waals surface area contributed by atoms with Gasteiger partial charge in [-0.15, -0.1) is 0 Å². The molecule has 0 saturated heterocycles. The summed E-state index contributed by atoms with van der Waals surface area (Å²) in [6.07, 6.45) is 1.72. The van der Waals surface area contributed by atoms with E-state index in [0.29, 0.717) is 22.7 Å². The average molecular weight is 261 g/mol. The van der Waals surface area contributed by atoms with Crippen LogP contribution in [0.15, 0.2) is 54.7 Å². The van der Waals surface area contributed by atoms with Crippen LogP contribution in [-0.4, -0.2) is 4.98 Å². The van der Waals surface area contributed by atoms with Gasteiger partial charge in [-0.25, -0.2) is 0 Å². The van der Waals surface area contributed by atoms with E-state index in [1.807, 2.05) is 24.3 Å². The maximum atomic E-state index is 9.07. The highest BCUT2D eigenvalue weighted by molar-refractivity contribution is 5.93. The van der Waals surface area contributed by atoms with Gasteiger partial charge >= 0.3 is 0 Å². The van der Waals surface area contributed by atoms with Crippen molar-refractivity contribution < 1.29 is 4.74 Å². The number of aromatic nitrogens is 1. The summed E-state index contributed by atoms with van der Waals surface area (Å²) in [6.45, 7) is 0. The Balaban J connectivity index is 2.08. The molecule has 3 aromatic rings. The molecule has 0 radical (unpaired) electrons. The summed E-state index contributed by atoms with van der Waals surface area (Å²) in [4.78, 5) is 4.24. The lowest BCUT2D eigenvalue weighted by atomic mass is 10.1.